The largest absolute Gasteiger partial charge is 0.481 e. The van der Waals surface area contributed by atoms with Gasteiger partial charge in [-0.3, -0.25) is 24.1 Å². The van der Waals surface area contributed by atoms with Crippen LogP contribution in [0.1, 0.15) is 18.4 Å². The van der Waals surface area contributed by atoms with Gasteiger partial charge < -0.3 is 10.4 Å². The van der Waals surface area contributed by atoms with Crippen molar-refractivity contribution >= 4 is 64.1 Å². The van der Waals surface area contributed by atoms with Crippen LogP contribution >= 0.6 is 35.0 Å². The van der Waals surface area contributed by atoms with Crippen molar-refractivity contribution in [1.82, 2.24) is 10.2 Å². The van der Waals surface area contributed by atoms with Crippen molar-refractivity contribution in [3.05, 3.63) is 38.7 Å². The Balaban J connectivity index is 2.00. The molecular weight excluding hydrogens is 403 g/mol. The van der Waals surface area contributed by atoms with Gasteiger partial charge in [-0.25, -0.2) is 0 Å². The number of carboxylic acids is 1. The summed E-state index contributed by atoms with van der Waals surface area (Å²) in [6.07, 6.45) is 1.63. The third-order valence-electron chi connectivity index (χ3n) is 3.33. The highest BCUT2D eigenvalue weighted by atomic mass is 35.5. The highest BCUT2D eigenvalue weighted by Crippen LogP contribution is 2.34. The minimum atomic E-state index is -0.963. The number of aliphatic carboxylic acids is 1. The molecule has 0 radical (unpaired) electrons. The molecule has 1 aromatic rings. The Morgan fingerprint density at radius 3 is 2.69 bits per heavy atom. The van der Waals surface area contributed by atoms with Crippen LogP contribution in [0.4, 0.5) is 4.79 Å². The number of hydrogen-bond donors (Lipinski definition) is 2. The maximum absolute atomic E-state index is 12.4. The van der Waals surface area contributed by atoms with E-state index in [-0.39, 0.29) is 29.3 Å². The topological polar surface area (TPSA) is 104 Å². The van der Waals surface area contributed by atoms with E-state index in [1.807, 2.05) is 0 Å². The second-order valence-electron chi connectivity index (χ2n) is 5.26. The lowest BCUT2D eigenvalue weighted by molar-refractivity contribution is -0.137. The van der Waals surface area contributed by atoms with Gasteiger partial charge in [-0.15, -0.1) is 0 Å². The molecular formula is C16H14Cl2N2O5S. The van der Waals surface area contributed by atoms with Crippen LogP contribution in [0.5, 0.6) is 0 Å². The third kappa shape index (κ3) is 5.23. The van der Waals surface area contributed by atoms with Crippen LogP contribution in [0.25, 0.3) is 6.08 Å². The zero-order valence-corrected chi connectivity index (χ0v) is 15.7. The predicted octanol–water partition coefficient (Wildman–Crippen LogP) is 3.01. The minimum Gasteiger partial charge on any atom is -0.481 e. The van der Waals surface area contributed by atoms with Gasteiger partial charge in [-0.05, 0) is 35.9 Å². The molecule has 2 rings (SSSR count). The average Bonchev–Trinajstić information content (AvgIpc) is 2.83. The standard InChI is InChI=1S/C16H14Cl2N2O5S/c17-10-4-1-3-9(14(10)18)7-11-15(24)20(16(25)26-11)8-12(21)19-6-2-5-13(22)23/h1,3-4,7H,2,5-6,8H2,(H,19,21)(H,22,23)/b11-7-. The molecule has 0 spiro atoms. The number of rotatable bonds is 7. The molecule has 0 aromatic heterocycles. The summed E-state index contributed by atoms with van der Waals surface area (Å²) < 4.78 is 0. The summed E-state index contributed by atoms with van der Waals surface area (Å²) in [6.45, 7) is -0.284. The lowest BCUT2D eigenvalue weighted by atomic mass is 10.2. The molecule has 26 heavy (non-hydrogen) atoms. The fourth-order valence-corrected chi connectivity index (χ4v) is 3.27. The molecule has 1 aliphatic rings. The number of imide groups is 1. The molecule has 2 N–H and O–H groups in total. The molecule has 0 atom stereocenters. The fraction of sp³-hybridized carbons (Fsp3) is 0.250. The van der Waals surface area contributed by atoms with Crippen LogP contribution in [0.3, 0.4) is 0 Å². The summed E-state index contributed by atoms with van der Waals surface area (Å²) in [5, 5.41) is 11.0. The monoisotopic (exact) mass is 416 g/mol. The van der Waals surface area contributed by atoms with Crippen LogP contribution in [0, 0.1) is 0 Å². The molecule has 0 aliphatic carbocycles. The third-order valence-corrected chi connectivity index (χ3v) is 5.07. The Morgan fingerprint density at radius 1 is 1.27 bits per heavy atom. The van der Waals surface area contributed by atoms with Crippen molar-refractivity contribution in [2.24, 2.45) is 0 Å². The first-order valence-electron chi connectivity index (χ1n) is 7.47. The quantitative estimate of drug-likeness (QED) is 0.522. The summed E-state index contributed by atoms with van der Waals surface area (Å²) in [7, 11) is 0. The van der Waals surface area contributed by atoms with Gasteiger partial charge in [0.25, 0.3) is 11.1 Å². The number of nitrogens with zero attached hydrogens (tertiary/aromatic N) is 1. The van der Waals surface area contributed by atoms with E-state index >= 15 is 0 Å². The Bertz CT molecular complexity index is 797. The number of amides is 3. The Kier molecular flexibility index (Phi) is 7.07. The van der Waals surface area contributed by atoms with E-state index in [0.717, 1.165) is 4.90 Å². The van der Waals surface area contributed by atoms with Crippen molar-refractivity contribution in [2.75, 3.05) is 13.1 Å². The molecule has 0 saturated carbocycles. The molecule has 0 unspecified atom stereocenters. The second-order valence-corrected chi connectivity index (χ2v) is 7.04. The van der Waals surface area contributed by atoms with Crippen LogP contribution in [-0.2, 0) is 14.4 Å². The van der Waals surface area contributed by atoms with E-state index in [4.69, 9.17) is 28.3 Å². The molecule has 138 valence electrons. The maximum atomic E-state index is 12.4. The van der Waals surface area contributed by atoms with Crippen LogP contribution in [0.2, 0.25) is 10.0 Å². The van der Waals surface area contributed by atoms with Crippen LogP contribution in [0.15, 0.2) is 23.1 Å². The zero-order valence-electron chi connectivity index (χ0n) is 13.3. The van der Waals surface area contributed by atoms with Crippen molar-refractivity contribution in [1.29, 1.82) is 0 Å². The van der Waals surface area contributed by atoms with Crippen LogP contribution in [-0.4, -0.2) is 46.1 Å². The van der Waals surface area contributed by atoms with Gasteiger partial charge in [0.2, 0.25) is 5.91 Å². The van der Waals surface area contributed by atoms with E-state index in [1.165, 1.54) is 6.08 Å². The molecule has 10 heteroatoms. The van der Waals surface area contributed by atoms with E-state index < -0.39 is 29.6 Å². The number of nitrogens with one attached hydrogen (secondary N) is 1. The number of benzene rings is 1. The highest BCUT2D eigenvalue weighted by Gasteiger charge is 2.36. The minimum absolute atomic E-state index is 0.0784. The molecule has 1 aromatic carbocycles. The molecule has 3 amide bonds. The Labute approximate surface area is 163 Å². The van der Waals surface area contributed by atoms with Crippen LogP contribution < -0.4 is 5.32 Å². The Hall–Kier alpha value is -2.03. The fourth-order valence-electron chi connectivity index (χ4n) is 2.08. The zero-order chi connectivity index (χ0) is 19.3. The molecule has 1 aliphatic heterocycles. The molecule has 1 heterocycles. The first kappa shape index (κ1) is 20.3. The van der Waals surface area contributed by atoms with E-state index in [0.29, 0.717) is 22.3 Å². The summed E-state index contributed by atoms with van der Waals surface area (Å²) >= 11 is 12.7. The summed E-state index contributed by atoms with van der Waals surface area (Å²) in [6, 6.07) is 4.91. The number of thioether (sulfide) groups is 1. The molecule has 1 fully saturated rings. The first-order valence-corrected chi connectivity index (χ1v) is 9.04. The number of carbonyl (C=O) groups is 4. The number of carbonyl (C=O) groups excluding carboxylic acids is 3. The number of hydrogen-bond acceptors (Lipinski definition) is 5. The first-order chi connectivity index (χ1) is 12.3. The molecule has 0 bridgehead atoms. The predicted molar refractivity (Wildman–Crippen MR) is 99.0 cm³/mol. The average molecular weight is 417 g/mol. The lowest BCUT2D eigenvalue weighted by Crippen LogP contribution is -2.39. The summed E-state index contributed by atoms with van der Waals surface area (Å²) in [5.41, 5.74) is 0.489. The number of carboxylic acid groups (broad SMARTS) is 1. The van der Waals surface area contributed by atoms with Crippen molar-refractivity contribution in [3.8, 4) is 0 Å². The molecule has 1 saturated heterocycles. The maximum Gasteiger partial charge on any atom is 0.303 e. The van der Waals surface area contributed by atoms with Gasteiger partial charge in [-0.1, -0.05) is 35.3 Å². The SMILES string of the molecule is O=C(O)CCCNC(=O)CN1C(=O)S/C(=C\c2cccc(Cl)c2Cl)C1=O. The van der Waals surface area contributed by atoms with Crippen molar-refractivity contribution in [2.45, 2.75) is 12.8 Å². The summed E-state index contributed by atoms with van der Waals surface area (Å²) in [5.74, 6) is -2.11. The van der Waals surface area contributed by atoms with Gasteiger partial charge >= 0.3 is 5.97 Å². The van der Waals surface area contributed by atoms with Gasteiger partial charge in [0.15, 0.2) is 0 Å². The van der Waals surface area contributed by atoms with Crippen molar-refractivity contribution < 1.29 is 24.3 Å². The number of halogens is 2. The van der Waals surface area contributed by atoms with Gasteiger partial charge in [0.1, 0.15) is 6.54 Å². The van der Waals surface area contributed by atoms with Gasteiger partial charge in [0.05, 0.1) is 15.0 Å². The van der Waals surface area contributed by atoms with Gasteiger partial charge in [-0.2, -0.15) is 0 Å². The van der Waals surface area contributed by atoms with Gasteiger partial charge in [0, 0.05) is 13.0 Å². The Morgan fingerprint density at radius 2 is 2.00 bits per heavy atom. The second kappa shape index (κ2) is 9.07. The van der Waals surface area contributed by atoms with E-state index in [1.54, 1.807) is 18.2 Å². The molecule has 7 nitrogen and oxygen atoms in total. The highest BCUT2D eigenvalue weighted by molar-refractivity contribution is 8.18. The van der Waals surface area contributed by atoms with Crippen molar-refractivity contribution in [3.63, 3.8) is 0 Å². The summed E-state index contributed by atoms with van der Waals surface area (Å²) in [4.78, 5) is 47.5. The normalized spacial score (nSPS) is 15.6. The lowest BCUT2D eigenvalue weighted by Gasteiger charge is -2.12. The van der Waals surface area contributed by atoms with E-state index in [2.05, 4.69) is 5.32 Å². The van der Waals surface area contributed by atoms with E-state index in [9.17, 15) is 19.2 Å². The smallest absolute Gasteiger partial charge is 0.303 e.